The molecule has 2 fully saturated rings. The molecule has 0 aliphatic carbocycles. The third kappa shape index (κ3) is 11.7. The number of hydrogen-bond donors (Lipinski definition) is 2. The zero-order chi connectivity index (χ0) is 44.7. The summed E-state index contributed by atoms with van der Waals surface area (Å²) in [5, 5.41) is 9.71. The molecule has 19 heteroatoms. The fraction of sp³-hybridized carbons (Fsp3) is 0.244. The van der Waals surface area contributed by atoms with Crippen molar-refractivity contribution in [2.45, 2.75) is 20.4 Å². The fourth-order valence-corrected chi connectivity index (χ4v) is 7.00. The Balaban J connectivity index is 0.000000161. The van der Waals surface area contributed by atoms with Crippen molar-refractivity contribution in [3.8, 4) is 22.8 Å². The van der Waals surface area contributed by atoms with Gasteiger partial charge in [0.1, 0.15) is 23.1 Å². The standard InChI is InChI=1S/C23H23N7O.C14H13ClN6O.C8H8O.H4N2/c1-17-3-2-4-18(13-17)15-25-16-20-14-21(29-9-11-31-12-10-29)30-23(26-20)27-22(28-30)19-5-7-24-8-6-19;15-11-9-12(20-5-7-22-8-6-20)21-14(17-11)18-13(19-21)10-1-3-16-4-2-10;1-7-3-2-4-8(5-7)6-9;1-2/h2-8,13-15H,9-12,16H2,1H3;1-4,9H,5-8H2;2-6H,1H3;1-2H2. The number of ether oxygens (including phenoxy) is 2. The number of pyridine rings is 2. The highest BCUT2D eigenvalue weighted by Crippen LogP contribution is 2.24. The number of hydrogen-bond acceptors (Lipinski definition) is 16. The monoisotopic (exact) mass is 881 g/mol. The molecule has 328 valence electrons. The summed E-state index contributed by atoms with van der Waals surface area (Å²) >= 11 is 6.14. The van der Waals surface area contributed by atoms with Crippen LogP contribution in [-0.2, 0) is 16.0 Å². The van der Waals surface area contributed by atoms with Crippen LogP contribution in [0.3, 0.4) is 0 Å². The molecule has 2 aliphatic rings. The van der Waals surface area contributed by atoms with Gasteiger partial charge < -0.3 is 19.3 Å². The van der Waals surface area contributed by atoms with Crippen molar-refractivity contribution >= 4 is 47.3 Å². The third-order valence-electron chi connectivity index (χ3n) is 9.87. The number of aryl methyl sites for hydroxylation is 2. The Labute approximate surface area is 374 Å². The first-order chi connectivity index (χ1) is 31.4. The van der Waals surface area contributed by atoms with Gasteiger partial charge in [-0.3, -0.25) is 31.4 Å². The minimum Gasteiger partial charge on any atom is -0.378 e. The van der Waals surface area contributed by atoms with Crippen LogP contribution in [0.4, 0.5) is 11.6 Å². The predicted octanol–water partition coefficient (Wildman–Crippen LogP) is 5.25. The second-order valence-electron chi connectivity index (χ2n) is 14.4. The van der Waals surface area contributed by atoms with E-state index in [1.54, 1.807) is 35.4 Å². The molecular formula is C45H48ClN15O3. The second kappa shape index (κ2) is 22.3. The molecule has 0 amide bonds. The van der Waals surface area contributed by atoms with Crippen LogP contribution in [-0.4, -0.2) is 114 Å². The number of benzene rings is 2. The van der Waals surface area contributed by atoms with E-state index in [0.29, 0.717) is 61.3 Å². The summed E-state index contributed by atoms with van der Waals surface area (Å²) < 4.78 is 14.5. The molecule has 0 saturated carbocycles. The molecule has 4 N–H and O–H groups in total. The summed E-state index contributed by atoms with van der Waals surface area (Å²) in [5.74, 6) is 12.1. The van der Waals surface area contributed by atoms with Crippen LogP contribution < -0.4 is 21.5 Å². The molecule has 2 aromatic carbocycles. The van der Waals surface area contributed by atoms with E-state index in [2.05, 4.69) is 81.6 Å². The van der Waals surface area contributed by atoms with Crippen LogP contribution in [0.5, 0.6) is 0 Å². The highest BCUT2D eigenvalue weighted by Gasteiger charge is 2.20. The number of carbonyl (C=O) groups is 1. The molecule has 8 heterocycles. The van der Waals surface area contributed by atoms with Crippen molar-refractivity contribution in [3.63, 3.8) is 0 Å². The van der Waals surface area contributed by atoms with E-state index in [-0.39, 0.29) is 0 Å². The summed E-state index contributed by atoms with van der Waals surface area (Å²) in [4.78, 5) is 45.4. The molecule has 10 rings (SSSR count). The van der Waals surface area contributed by atoms with E-state index >= 15 is 0 Å². The lowest BCUT2D eigenvalue weighted by molar-refractivity contribution is 0.112. The number of aliphatic imine (C=N–C) groups is 1. The van der Waals surface area contributed by atoms with E-state index in [1.807, 2.05) is 78.3 Å². The molecular weight excluding hydrogens is 834 g/mol. The molecule has 64 heavy (non-hydrogen) atoms. The van der Waals surface area contributed by atoms with Crippen LogP contribution in [0.15, 0.2) is 115 Å². The van der Waals surface area contributed by atoms with E-state index in [0.717, 1.165) is 77.6 Å². The molecule has 18 nitrogen and oxygen atoms in total. The van der Waals surface area contributed by atoms with Crippen LogP contribution in [0.25, 0.3) is 34.3 Å². The van der Waals surface area contributed by atoms with Crippen LogP contribution in [0.1, 0.15) is 32.7 Å². The Kier molecular flexibility index (Phi) is 15.7. The number of rotatable bonds is 8. The van der Waals surface area contributed by atoms with Crippen molar-refractivity contribution in [3.05, 3.63) is 143 Å². The van der Waals surface area contributed by atoms with Crippen LogP contribution >= 0.6 is 11.6 Å². The summed E-state index contributed by atoms with van der Waals surface area (Å²) in [6, 6.07) is 27.1. The van der Waals surface area contributed by atoms with Crippen molar-refractivity contribution in [2.24, 2.45) is 16.7 Å². The molecule has 0 radical (unpaired) electrons. The minimum absolute atomic E-state index is 0.405. The van der Waals surface area contributed by atoms with Crippen molar-refractivity contribution < 1.29 is 14.3 Å². The van der Waals surface area contributed by atoms with Gasteiger partial charge in [0.15, 0.2) is 11.6 Å². The molecule has 0 atom stereocenters. The Bertz CT molecular complexity index is 2770. The lowest BCUT2D eigenvalue weighted by Crippen LogP contribution is -2.37. The first kappa shape index (κ1) is 44.9. The SMILES string of the molecule is Cc1cccc(C=NCc2cc(N3CCOCC3)n3nc(-c4ccncc4)nc3n2)c1.Cc1cccc(C=O)c1.Clc1cc(N2CCOCC2)n2nc(-c3ccncc3)nc2n1.NN. The van der Waals surface area contributed by atoms with Crippen LogP contribution in [0.2, 0.25) is 5.15 Å². The molecule has 0 unspecified atom stereocenters. The molecule has 2 aliphatic heterocycles. The van der Waals surface area contributed by atoms with E-state index in [1.165, 1.54) is 5.56 Å². The lowest BCUT2D eigenvalue weighted by atomic mass is 10.1. The highest BCUT2D eigenvalue weighted by molar-refractivity contribution is 6.29. The maximum atomic E-state index is 10.2. The number of morpholine rings is 2. The lowest BCUT2D eigenvalue weighted by Gasteiger charge is -2.28. The fourth-order valence-electron chi connectivity index (χ4n) is 6.83. The number of hydrazine groups is 1. The maximum Gasteiger partial charge on any atom is 0.256 e. The maximum absolute atomic E-state index is 10.2. The van der Waals surface area contributed by atoms with Crippen LogP contribution in [0, 0.1) is 13.8 Å². The number of carbonyl (C=O) groups excluding carboxylic acids is 1. The Morgan fingerprint density at radius 2 is 1.12 bits per heavy atom. The number of nitrogens with two attached hydrogens (primary N) is 2. The van der Waals surface area contributed by atoms with Crippen molar-refractivity contribution in [2.75, 3.05) is 62.4 Å². The highest BCUT2D eigenvalue weighted by atomic mass is 35.5. The average Bonchev–Trinajstić information content (AvgIpc) is 3.98. The van der Waals surface area contributed by atoms with Gasteiger partial charge in [0.2, 0.25) is 0 Å². The number of nitrogens with zero attached hydrogens (tertiary/aromatic N) is 13. The van der Waals surface area contributed by atoms with Gasteiger partial charge in [-0.25, -0.2) is 4.98 Å². The largest absolute Gasteiger partial charge is 0.378 e. The Hall–Kier alpha value is -7.09. The smallest absolute Gasteiger partial charge is 0.256 e. The van der Waals surface area contributed by atoms with Gasteiger partial charge in [-0.2, -0.15) is 24.0 Å². The van der Waals surface area contributed by atoms with Crippen molar-refractivity contribution in [1.82, 2.24) is 49.1 Å². The number of anilines is 2. The normalized spacial score (nSPS) is 13.7. The quantitative estimate of drug-likeness (QED) is 0.0655. The summed E-state index contributed by atoms with van der Waals surface area (Å²) in [5.41, 5.74) is 6.82. The second-order valence-corrected chi connectivity index (χ2v) is 14.8. The van der Waals surface area contributed by atoms with Gasteiger partial charge in [0.25, 0.3) is 11.6 Å². The summed E-state index contributed by atoms with van der Waals surface area (Å²) in [7, 11) is 0. The Morgan fingerprint density at radius 3 is 1.62 bits per heavy atom. The average molecular weight is 882 g/mol. The summed E-state index contributed by atoms with van der Waals surface area (Å²) in [6.07, 6.45) is 9.65. The number of halogens is 1. The zero-order valence-electron chi connectivity index (χ0n) is 35.5. The molecule has 2 saturated heterocycles. The molecule has 6 aromatic heterocycles. The first-order valence-electron chi connectivity index (χ1n) is 20.5. The van der Waals surface area contributed by atoms with E-state index in [4.69, 9.17) is 31.2 Å². The Morgan fingerprint density at radius 1 is 0.641 bits per heavy atom. The zero-order valence-corrected chi connectivity index (χ0v) is 36.2. The number of aldehydes is 1. The predicted molar refractivity (Wildman–Crippen MR) is 247 cm³/mol. The van der Waals surface area contributed by atoms with Gasteiger partial charge in [0, 0.05) is 86.0 Å². The number of aromatic nitrogens is 10. The van der Waals surface area contributed by atoms with Gasteiger partial charge in [-0.15, -0.1) is 10.2 Å². The van der Waals surface area contributed by atoms with Crippen molar-refractivity contribution in [1.29, 1.82) is 0 Å². The van der Waals surface area contributed by atoms with Gasteiger partial charge >= 0.3 is 0 Å². The third-order valence-corrected chi connectivity index (χ3v) is 10.1. The first-order valence-corrected chi connectivity index (χ1v) is 20.9. The molecule has 8 aromatic rings. The minimum atomic E-state index is 0.405. The van der Waals surface area contributed by atoms with E-state index < -0.39 is 0 Å². The van der Waals surface area contributed by atoms with Gasteiger partial charge in [0.05, 0.1) is 38.7 Å². The topological polar surface area (TPSA) is 218 Å². The molecule has 0 bridgehead atoms. The summed E-state index contributed by atoms with van der Waals surface area (Å²) in [6.45, 7) is 10.5. The van der Waals surface area contributed by atoms with Gasteiger partial charge in [-0.1, -0.05) is 65.2 Å². The van der Waals surface area contributed by atoms with Gasteiger partial charge in [-0.05, 0) is 49.7 Å². The molecule has 0 spiro atoms. The number of fused-ring (bicyclic) bond motifs is 2. The van der Waals surface area contributed by atoms with E-state index in [9.17, 15) is 4.79 Å².